The van der Waals surface area contributed by atoms with Crippen LogP contribution in [-0.4, -0.2) is 34.3 Å². The van der Waals surface area contributed by atoms with Gasteiger partial charge in [-0.1, -0.05) is 0 Å². The highest BCUT2D eigenvalue weighted by Crippen LogP contribution is 2.42. The summed E-state index contributed by atoms with van der Waals surface area (Å²) in [5.74, 6) is -0.105. The summed E-state index contributed by atoms with van der Waals surface area (Å²) in [6.45, 7) is 1.80. The molecule has 2 aromatic rings. The van der Waals surface area contributed by atoms with Crippen molar-refractivity contribution < 1.29 is 24.9 Å². The highest BCUT2D eigenvalue weighted by Gasteiger charge is 2.34. The monoisotopic (exact) mass is 288 g/mol. The lowest BCUT2D eigenvalue weighted by Gasteiger charge is -2.26. The van der Waals surface area contributed by atoms with Crippen LogP contribution in [0.4, 0.5) is 0 Å². The molecule has 110 valence electrons. The predicted octanol–water partition coefficient (Wildman–Crippen LogP) is 1.84. The van der Waals surface area contributed by atoms with Crippen LogP contribution in [0, 0.1) is 6.92 Å². The Morgan fingerprint density at radius 1 is 1.19 bits per heavy atom. The number of rotatable bonds is 1. The lowest BCUT2D eigenvalue weighted by Crippen LogP contribution is -2.30. The van der Waals surface area contributed by atoms with Gasteiger partial charge >= 0.3 is 0 Å². The lowest BCUT2D eigenvalue weighted by atomic mass is 9.83. The topological polar surface area (TPSA) is 87.0 Å². The largest absolute Gasteiger partial charge is 0.507 e. The Balaban J connectivity index is 2.39. The van der Waals surface area contributed by atoms with Crippen molar-refractivity contribution in [3.63, 3.8) is 0 Å². The summed E-state index contributed by atoms with van der Waals surface area (Å²) in [6.07, 6.45) is -2.32. The summed E-state index contributed by atoms with van der Waals surface area (Å²) >= 11 is 0. The molecule has 0 saturated carbocycles. The normalized spacial score (nSPS) is 21.4. The quantitative estimate of drug-likeness (QED) is 0.745. The van der Waals surface area contributed by atoms with E-state index in [-0.39, 0.29) is 17.7 Å². The standard InChI is InChI=1S/C16H16O5/c1-7-3-9(21-2)4-8-5-10-11(17)6-12(18)15(19)14(10)16(20)13(7)8/h3-5,11-12,17-18,20H,6H2,1-2H3/t11-,12+/m1/s1. The van der Waals surface area contributed by atoms with Crippen molar-refractivity contribution in [1.82, 2.24) is 0 Å². The van der Waals surface area contributed by atoms with Crippen LogP contribution in [0.15, 0.2) is 18.2 Å². The van der Waals surface area contributed by atoms with E-state index in [2.05, 4.69) is 0 Å². The number of methoxy groups -OCH3 is 1. The lowest BCUT2D eigenvalue weighted by molar-refractivity contribution is 0.0481. The van der Waals surface area contributed by atoms with Gasteiger partial charge in [0.1, 0.15) is 17.6 Å². The van der Waals surface area contributed by atoms with Crippen LogP contribution in [0.5, 0.6) is 11.5 Å². The summed E-state index contributed by atoms with van der Waals surface area (Å²) < 4.78 is 5.20. The molecular weight excluding hydrogens is 272 g/mol. The van der Waals surface area contributed by atoms with Gasteiger partial charge in [0.25, 0.3) is 0 Å². The number of phenolic OH excluding ortho intramolecular Hbond substituents is 1. The van der Waals surface area contributed by atoms with E-state index in [4.69, 9.17) is 4.74 Å². The number of phenols is 1. The number of benzene rings is 2. The predicted molar refractivity (Wildman–Crippen MR) is 76.8 cm³/mol. The van der Waals surface area contributed by atoms with E-state index in [1.54, 1.807) is 32.2 Å². The first kappa shape index (κ1) is 13.9. The maximum Gasteiger partial charge on any atom is 0.195 e. The fourth-order valence-corrected chi connectivity index (χ4v) is 2.97. The molecule has 5 heteroatoms. The van der Waals surface area contributed by atoms with E-state index in [1.807, 2.05) is 0 Å². The van der Waals surface area contributed by atoms with E-state index in [0.29, 0.717) is 22.1 Å². The molecule has 0 amide bonds. The number of Topliss-reactive ketones (excluding diaryl/α,β-unsaturated/α-hetero) is 1. The number of carbonyl (C=O) groups is 1. The molecule has 0 aliphatic heterocycles. The minimum absolute atomic E-state index is 0.0158. The van der Waals surface area contributed by atoms with Crippen LogP contribution in [0.1, 0.15) is 34.0 Å². The van der Waals surface area contributed by atoms with Gasteiger partial charge < -0.3 is 20.1 Å². The van der Waals surface area contributed by atoms with Crippen molar-refractivity contribution in [3.8, 4) is 11.5 Å². The third-order valence-corrected chi connectivity index (χ3v) is 4.00. The number of aryl methyl sites for hydroxylation is 1. The average Bonchev–Trinajstić information content (AvgIpc) is 2.44. The molecule has 1 aliphatic carbocycles. The molecule has 0 saturated heterocycles. The van der Waals surface area contributed by atoms with E-state index in [9.17, 15) is 20.1 Å². The highest BCUT2D eigenvalue weighted by molar-refractivity contribution is 6.10. The van der Waals surface area contributed by atoms with Crippen molar-refractivity contribution >= 4 is 16.6 Å². The van der Waals surface area contributed by atoms with E-state index in [1.165, 1.54) is 0 Å². The van der Waals surface area contributed by atoms with Gasteiger partial charge in [0.15, 0.2) is 5.78 Å². The van der Waals surface area contributed by atoms with Gasteiger partial charge in [-0.2, -0.15) is 0 Å². The zero-order valence-electron chi connectivity index (χ0n) is 11.8. The highest BCUT2D eigenvalue weighted by atomic mass is 16.5. The molecule has 1 aliphatic rings. The smallest absolute Gasteiger partial charge is 0.195 e. The third-order valence-electron chi connectivity index (χ3n) is 4.00. The number of aromatic hydroxyl groups is 1. The number of carbonyl (C=O) groups excluding carboxylic acids is 1. The fourth-order valence-electron chi connectivity index (χ4n) is 2.97. The van der Waals surface area contributed by atoms with Gasteiger partial charge in [-0.3, -0.25) is 4.79 Å². The van der Waals surface area contributed by atoms with Crippen LogP contribution >= 0.6 is 0 Å². The summed E-state index contributed by atoms with van der Waals surface area (Å²) in [5.41, 5.74) is 1.12. The second-order valence-corrected chi connectivity index (χ2v) is 5.36. The van der Waals surface area contributed by atoms with Gasteiger partial charge in [0, 0.05) is 11.8 Å². The molecule has 3 N–H and O–H groups in total. The first-order valence-electron chi connectivity index (χ1n) is 6.68. The van der Waals surface area contributed by atoms with Crippen LogP contribution in [-0.2, 0) is 0 Å². The number of fused-ring (bicyclic) bond motifs is 2. The number of aliphatic hydroxyl groups is 2. The summed E-state index contributed by atoms with van der Waals surface area (Å²) in [5, 5.41) is 31.5. The Labute approximate surface area is 121 Å². The molecule has 0 spiro atoms. The molecule has 2 atom stereocenters. The number of hydrogen-bond acceptors (Lipinski definition) is 5. The molecule has 0 aromatic heterocycles. The van der Waals surface area contributed by atoms with Crippen molar-refractivity contribution in [2.45, 2.75) is 25.6 Å². The number of ketones is 1. The molecule has 21 heavy (non-hydrogen) atoms. The second-order valence-electron chi connectivity index (χ2n) is 5.36. The van der Waals surface area contributed by atoms with E-state index < -0.39 is 18.0 Å². The first-order valence-corrected chi connectivity index (χ1v) is 6.68. The molecule has 0 radical (unpaired) electrons. The number of hydrogen-bond donors (Lipinski definition) is 3. The first-order chi connectivity index (χ1) is 9.93. The molecule has 3 rings (SSSR count). The van der Waals surface area contributed by atoms with Gasteiger partial charge in [-0.15, -0.1) is 0 Å². The minimum atomic E-state index is -1.28. The average molecular weight is 288 g/mol. The molecule has 0 fully saturated rings. The van der Waals surface area contributed by atoms with Crippen molar-refractivity contribution in [3.05, 3.63) is 34.9 Å². The van der Waals surface area contributed by atoms with Crippen LogP contribution in [0.2, 0.25) is 0 Å². The Morgan fingerprint density at radius 3 is 2.57 bits per heavy atom. The SMILES string of the molecule is COc1cc(C)c2c(O)c3c(cc2c1)[C@H](O)C[C@H](O)C3=O. The van der Waals surface area contributed by atoms with Gasteiger partial charge in [0.05, 0.1) is 18.8 Å². The number of ether oxygens (including phenoxy) is 1. The second kappa shape index (κ2) is 4.72. The number of aliphatic hydroxyl groups excluding tert-OH is 2. The maximum absolute atomic E-state index is 12.1. The Hall–Kier alpha value is -2.11. The van der Waals surface area contributed by atoms with Crippen molar-refractivity contribution in [2.75, 3.05) is 7.11 Å². The van der Waals surface area contributed by atoms with Crippen LogP contribution in [0.25, 0.3) is 10.8 Å². The maximum atomic E-state index is 12.1. The van der Waals surface area contributed by atoms with Crippen LogP contribution < -0.4 is 4.74 Å². The van der Waals surface area contributed by atoms with Crippen LogP contribution in [0.3, 0.4) is 0 Å². The molecule has 5 nitrogen and oxygen atoms in total. The van der Waals surface area contributed by atoms with Gasteiger partial charge in [0.2, 0.25) is 0 Å². The van der Waals surface area contributed by atoms with E-state index >= 15 is 0 Å². The minimum Gasteiger partial charge on any atom is -0.507 e. The third kappa shape index (κ3) is 1.97. The molecular formula is C16H16O5. The molecule has 0 unspecified atom stereocenters. The molecule has 0 bridgehead atoms. The fraction of sp³-hybridized carbons (Fsp3) is 0.312. The molecule has 0 heterocycles. The van der Waals surface area contributed by atoms with Gasteiger partial charge in [-0.05, 0) is 41.6 Å². The van der Waals surface area contributed by atoms with Crippen molar-refractivity contribution in [1.29, 1.82) is 0 Å². The van der Waals surface area contributed by atoms with Gasteiger partial charge in [-0.25, -0.2) is 0 Å². The zero-order chi connectivity index (χ0) is 15.3. The van der Waals surface area contributed by atoms with E-state index in [0.717, 1.165) is 5.56 Å². The molecule has 2 aromatic carbocycles. The Kier molecular flexibility index (Phi) is 3.11. The summed E-state index contributed by atoms with van der Waals surface area (Å²) in [6, 6.07) is 5.17. The van der Waals surface area contributed by atoms with Crippen molar-refractivity contribution in [2.24, 2.45) is 0 Å². The summed E-state index contributed by atoms with van der Waals surface area (Å²) in [7, 11) is 1.55. The zero-order valence-corrected chi connectivity index (χ0v) is 11.8. The Morgan fingerprint density at radius 2 is 1.90 bits per heavy atom. The Bertz CT molecular complexity index is 750. The summed E-state index contributed by atoms with van der Waals surface area (Å²) in [4.78, 5) is 12.1.